The predicted molar refractivity (Wildman–Crippen MR) is 96.7 cm³/mol. The Morgan fingerprint density at radius 3 is 2.62 bits per heavy atom. The van der Waals surface area contributed by atoms with Crippen LogP contribution in [0.3, 0.4) is 0 Å². The molecule has 1 saturated heterocycles. The average molecular weight is 463 g/mol. The number of carbonyl (C=O) groups excluding carboxylic acids is 3. The highest BCUT2D eigenvalue weighted by molar-refractivity contribution is 14.1. The predicted octanol–water partition coefficient (Wildman–Crippen LogP) is 2.60. The van der Waals surface area contributed by atoms with Crippen molar-refractivity contribution in [1.82, 2.24) is 4.90 Å². The van der Waals surface area contributed by atoms with Crippen molar-refractivity contribution in [2.45, 2.75) is 13.0 Å². The molecular weight excluding hydrogens is 449 g/mol. The number of amides is 2. The van der Waals surface area contributed by atoms with Gasteiger partial charge in [-0.05, 0) is 65.0 Å². The van der Waals surface area contributed by atoms with Gasteiger partial charge in [-0.1, -0.05) is 0 Å². The van der Waals surface area contributed by atoms with Crippen LogP contribution >= 0.6 is 34.4 Å². The van der Waals surface area contributed by atoms with Gasteiger partial charge in [0.15, 0.2) is 11.5 Å². The van der Waals surface area contributed by atoms with E-state index in [2.05, 4.69) is 4.74 Å². The second-order valence-corrected chi connectivity index (χ2v) is 6.96. The standard InChI is InChI=1S/C15H14INO6S/c1-7(14(20)23-3)17-13(19)11(24-15(17)21)6-8-4-9(16)12(18)10(5-8)22-2/h4-7,18H,1-3H3/b11-6+/t7-/m0/s1. The van der Waals surface area contributed by atoms with E-state index in [1.165, 1.54) is 27.2 Å². The van der Waals surface area contributed by atoms with Crippen LogP contribution in [0.4, 0.5) is 4.79 Å². The smallest absolute Gasteiger partial charge is 0.328 e. The van der Waals surface area contributed by atoms with Crippen molar-refractivity contribution in [3.8, 4) is 11.5 Å². The number of phenols is 1. The number of methoxy groups -OCH3 is 2. The van der Waals surface area contributed by atoms with Crippen LogP contribution in [-0.2, 0) is 14.3 Å². The highest BCUT2D eigenvalue weighted by Gasteiger charge is 2.41. The molecule has 0 spiro atoms. The van der Waals surface area contributed by atoms with Crippen molar-refractivity contribution in [3.05, 3.63) is 26.2 Å². The van der Waals surface area contributed by atoms with Crippen LogP contribution < -0.4 is 4.74 Å². The lowest BCUT2D eigenvalue weighted by molar-refractivity contribution is -0.148. The van der Waals surface area contributed by atoms with Gasteiger partial charge in [-0.2, -0.15) is 0 Å². The van der Waals surface area contributed by atoms with Crippen molar-refractivity contribution in [2.75, 3.05) is 14.2 Å². The summed E-state index contributed by atoms with van der Waals surface area (Å²) in [6, 6.07) is 2.20. The molecule has 1 aromatic carbocycles. The average Bonchev–Trinajstić information content (AvgIpc) is 2.83. The van der Waals surface area contributed by atoms with E-state index in [4.69, 9.17) is 4.74 Å². The number of carbonyl (C=O) groups is 3. The van der Waals surface area contributed by atoms with Crippen LogP contribution in [0.15, 0.2) is 17.0 Å². The van der Waals surface area contributed by atoms with E-state index in [0.29, 0.717) is 9.13 Å². The van der Waals surface area contributed by atoms with Crippen LogP contribution in [0, 0.1) is 3.57 Å². The molecule has 24 heavy (non-hydrogen) atoms. The molecule has 128 valence electrons. The molecule has 1 aliphatic heterocycles. The maximum Gasteiger partial charge on any atom is 0.328 e. The first-order valence-electron chi connectivity index (χ1n) is 6.71. The fraction of sp³-hybridized carbons (Fsp3) is 0.267. The van der Waals surface area contributed by atoms with E-state index in [-0.39, 0.29) is 16.4 Å². The van der Waals surface area contributed by atoms with Gasteiger partial charge in [0.2, 0.25) is 0 Å². The van der Waals surface area contributed by atoms with Gasteiger partial charge in [0.05, 0.1) is 22.7 Å². The lowest BCUT2D eigenvalue weighted by atomic mass is 10.2. The number of phenolic OH excluding ortho intramolecular Hbond substituents is 1. The van der Waals surface area contributed by atoms with Gasteiger partial charge in [-0.3, -0.25) is 14.5 Å². The lowest BCUT2D eigenvalue weighted by Crippen LogP contribution is -2.42. The second-order valence-electron chi connectivity index (χ2n) is 4.80. The van der Waals surface area contributed by atoms with Crippen molar-refractivity contribution in [2.24, 2.45) is 0 Å². The minimum Gasteiger partial charge on any atom is -0.504 e. The molecule has 9 heteroatoms. The molecule has 2 amide bonds. The van der Waals surface area contributed by atoms with E-state index in [1.54, 1.807) is 12.1 Å². The molecule has 0 aliphatic carbocycles. The first kappa shape index (κ1) is 18.6. The summed E-state index contributed by atoms with van der Waals surface area (Å²) in [5.74, 6) is -0.970. The summed E-state index contributed by atoms with van der Waals surface area (Å²) < 4.78 is 10.2. The largest absolute Gasteiger partial charge is 0.504 e. The summed E-state index contributed by atoms with van der Waals surface area (Å²) in [5.41, 5.74) is 0.588. The third-order valence-electron chi connectivity index (χ3n) is 3.32. The molecule has 0 aromatic heterocycles. The number of nitrogens with zero attached hydrogens (tertiary/aromatic N) is 1. The number of thioether (sulfide) groups is 1. The number of hydrogen-bond acceptors (Lipinski definition) is 7. The molecule has 1 aromatic rings. The van der Waals surface area contributed by atoms with Gasteiger partial charge >= 0.3 is 5.97 Å². The number of hydrogen-bond donors (Lipinski definition) is 1. The molecule has 1 fully saturated rings. The van der Waals surface area contributed by atoms with Crippen molar-refractivity contribution < 1.29 is 29.0 Å². The number of ether oxygens (including phenoxy) is 2. The molecule has 0 saturated carbocycles. The summed E-state index contributed by atoms with van der Waals surface area (Å²) in [7, 11) is 2.61. The van der Waals surface area contributed by atoms with E-state index in [1.807, 2.05) is 22.6 Å². The fourth-order valence-electron chi connectivity index (χ4n) is 2.07. The zero-order chi connectivity index (χ0) is 18.0. The van der Waals surface area contributed by atoms with Crippen molar-refractivity contribution in [3.63, 3.8) is 0 Å². The quantitative estimate of drug-likeness (QED) is 0.417. The van der Waals surface area contributed by atoms with Crippen LogP contribution in [0.1, 0.15) is 12.5 Å². The molecule has 7 nitrogen and oxygen atoms in total. The molecule has 1 N–H and O–H groups in total. The number of aromatic hydroxyl groups is 1. The molecule has 1 aliphatic rings. The number of rotatable bonds is 4. The van der Waals surface area contributed by atoms with E-state index >= 15 is 0 Å². The van der Waals surface area contributed by atoms with Gasteiger partial charge in [0.25, 0.3) is 11.1 Å². The van der Waals surface area contributed by atoms with Crippen LogP contribution in [0.25, 0.3) is 6.08 Å². The SMILES string of the molecule is COC(=O)[C@H](C)N1C(=O)S/C(=C/c2cc(I)c(O)c(OC)c2)C1=O. The minimum atomic E-state index is -0.997. The number of halogens is 1. The van der Waals surface area contributed by atoms with E-state index in [9.17, 15) is 19.5 Å². The molecular formula is C15H14INO6S. The fourth-order valence-corrected chi connectivity index (χ4v) is 3.61. The van der Waals surface area contributed by atoms with Crippen LogP contribution in [0.5, 0.6) is 11.5 Å². The summed E-state index contributed by atoms with van der Waals surface area (Å²) >= 11 is 2.67. The summed E-state index contributed by atoms with van der Waals surface area (Å²) in [6.07, 6.45) is 1.51. The highest BCUT2D eigenvalue weighted by atomic mass is 127. The van der Waals surface area contributed by atoms with E-state index < -0.39 is 23.2 Å². The highest BCUT2D eigenvalue weighted by Crippen LogP contribution is 2.37. The third kappa shape index (κ3) is 3.51. The molecule has 1 atom stereocenters. The molecule has 1 heterocycles. The van der Waals surface area contributed by atoms with Crippen LogP contribution in [-0.4, -0.2) is 47.4 Å². The Labute approximate surface area is 156 Å². The molecule has 0 unspecified atom stereocenters. The van der Waals surface area contributed by atoms with Crippen molar-refractivity contribution >= 4 is 57.5 Å². The maximum absolute atomic E-state index is 12.4. The lowest BCUT2D eigenvalue weighted by Gasteiger charge is -2.18. The first-order chi connectivity index (χ1) is 11.3. The topological polar surface area (TPSA) is 93.1 Å². The Morgan fingerprint density at radius 2 is 2.04 bits per heavy atom. The summed E-state index contributed by atoms with van der Waals surface area (Å²) in [4.78, 5) is 37.1. The number of imide groups is 1. The Kier molecular flexibility index (Phi) is 5.75. The minimum absolute atomic E-state index is 0.00247. The normalized spacial score (nSPS) is 17.3. The Balaban J connectivity index is 2.36. The van der Waals surface area contributed by atoms with Gasteiger partial charge < -0.3 is 14.6 Å². The Hall–Kier alpha value is -1.75. The monoisotopic (exact) mass is 463 g/mol. The van der Waals surface area contributed by atoms with Gasteiger partial charge in [-0.15, -0.1) is 0 Å². The maximum atomic E-state index is 12.4. The Morgan fingerprint density at radius 1 is 1.38 bits per heavy atom. The van der Waals surface area contributed by atoms with Gasteiger partial charge in [0.1, 0.15) is 6.04 Å². The zero-order valence-electron chi connectivity index (χ0n) is 13.0. The number of benzene rings is 1. The van der Waals surface area contributed by atoms with Gasteiger partial charge in [-0.25, -0.2) is 4.79 Å². The first-order valence-corrected chi connectivity index (χ1v) is 8.61. The molecule has 0 radical (unpaired) electrons. The number of esters is 1. The van der Waals surface area contributed by atoms with Crippen LogP contribution in [0.2, 0.25) is 0 Å². The summed E-state index contributed by atoms with van der Waals surface area (Å²) in [6.45, 7) is 1.43. The van der Waals surface area contributed by atoms with Gasteiger partial charge in [0, 0.05) is 0 Å². The third-order valence-corrected chi connectivity index (χ3v) is 5.03. The summed E-state index contributed by atoms with van der Waals surface area (Å²) in [5, 5.41) is 9.30. The zero-order valence-corrected chi connectivity index (χ0v) is 16.0. The second kappa shape index (κ2) is 7.43. The van der Waals surface area contributed by atoms with E-state index in [0.717, 1.165) is 16.7 Å². The molecule has 2 rings (SSSR count). The van der Waals surface area contributed by atoms with Crippen molar-refractivity contribution in [1.29, 1.82) is 0 Å². The molecule has 0 bridgehead atoms. The Bertz CT molecular complexity index is 748.